The number of carbonyl (C=O) groups is 1. The van der Waals surface area contributed by atoms with Crippen molar-refractivity contribution < 1.29 is 9.53 Å². The van der Waals surface area contributed by atoms with E-state index in [0.29, 0.717) is 41.2 Å². The van der Waals surface area contributed by atoms with Crippen molar-refractivity contribution in [3.63, 3.8) is 0 Å². The molecule has 3 aromatic rings. The molecule has 3 rings (SSSR count). The van der Waals surface area contributed by atoms with Crippen LogP contribution in [0.25, 0.3) is 0 Å². The summed E-state index contributed by atoms with van der Waals surface area (Å²) in [5.74, 6) is 1.48. The van der Waals surface area contributed by atoms with Gasteiger partial charge in [-0.05, 0) is 48.7 Å². The van der Waals surface area contributed by atoms with E-state index in [1.165, 1.54) is 6.33 Å². The Morgan fingerprint density at radius 3 is 2.34 bits per heavy atom. The van der Waals surface area contributed by atoms with E-state index in [2.05, 4.69) is 25.6 Å². The van der Waals surface area contributed by atoms with Crippen LogP contribution in [0.4, 0.5) is 28.8 Å². The molecule has 29 heavy (non-hydrogen) atoms. The van der Waals surface area contributed by atoms with Crippen LogP contribution in [0.5, 0.6) is 0 Å². The maximum absolute atomic E-state index is 12.0. The molecular weight excluding hydrogens is 368 g/mol. The number of nitrogens with one attached hydrogen (secondary N) is 2. The fourth-order valence-corrected chi connectivity index (χ4v) is 2.41. The van der Waals surface area contributed by atoms with Gasteiger partial charge in [-0.15, -0.1) is 0 Å². The minimum absolute atomic E-state index is 0.290. The van der Waals surface area contributed by atoms with Gasteiger partial charge in [-0.3, -0.25) is 0 Å². The van der Waals surface area contributed by atoms with Gasteiger partial charge in [0.25, 0.3) is 0 Å². The number of rotatable bonds is 7. The van der Waals surface area contributed by atoms with Gasteiger partial charge in [0.2, 0.25) is 0 Å². The van der Waals surface area contributed by atoms with Crippen LogP contribution in [0.1, 0.15) is 29.8 Å². The van der Waals surface area contributed by atoms with Crippen LogP contribution < -0.4 is 16.4 Å². The van der Waals surface area contributed by atoms with Crippen LogP contribution in [-0.2, 0) is 4.74 Å². The first kappa shape index (κ1) is 20.1. The highest BCUT2D eigenvalue weighted by atomic mass is 16.5. The molecule has 0 spiro atoms. The molecule has 0 fully saturated rings. The van der Waals surface area contributed by atoms with Gasteiger partial charge in [-0.2, -0.15) is 0 Å². The third kappa shape index (κ3) is 5.41. The van der Waals surface area contributed by atoms with Crippen LogP contribution >= 0.6 is 0 Å². The maximum atomic E-state index is 12.0. The largest absolute Gasteiger partial charge is 0.462 e. The Balaban J connectivity index is 1.70. The summed E-state index contributed by atoms with van der Waals surface area (Å²) in [6, 6.07) is 10.7. The van der Waals surface area contributed by atoms with Crippen molar-refractivity contribution in [2.75, 3.05) is 23.0 Å². The average Bonchev–Trinajstić information content (AvgIpc) is 2.71. The molecule has 0 saturated heterocycles. The molecule has 0 bridgehead atoms. The highest BCUT2D eigenvalue weighted by molar-refractivity contribution is 5.90. The molecule has 0 saturated carbocycles. The normalized spacial score (nSPS) is 10.6. The van der Waals surface area contributed by atoms with E-state index in [-0.39, 0.29) is 5.97 Å². The van der Waals surface area contributed by atoms with Gasteiger partial charge in [0, 0.05) is 11.9 Å². The number of hydrogen-bond acceptors (Lipinski definition) is 8. The topological polar surface area (TPSA) is 115 Å². The summed E-state index contributed by atoms with van der Waals surface area (Å²) >= 11 is 0. The second-order valence-electron chi connectivity index (χ2n) is 7.03. The van der Waals surface area contributed by atoms with Gasteiger partial charge in [0.15, 0.2) is 11.6 Å². The van der Waals surface area contributed by atoms with Crippen molar-refractivity contribution in [3.05, 3.63) is 60.0 Å². The summed E-state index contributed by atoms with van der Waals surface area (Å²) in [6.45, 7) is 6.34. The predicted molar refractivity (Wildman–Crippen MR) is 114 cm³/mol. The number of hydrogen-bond donors (Lipinski definition) is 3. The fraction of sp³-hybridized carbons (Fsp3) is 0.238. The Labute approximate surface area is 169 Å². The predicted octanol–water partition coefficient (Wildman–Crippen LogP) is 4.06. The lowest BCUT2D eigenvalue weighted by molar-refractivity contribution is 0.0459. The van der Waals surface area contributed by atoms with Gasteiger partial charge in [-0.1, -0.05) is 19.9 Å². The van der Waals surface area contributed by atoms with Crippen molar-refractivity contribution >= 4 is 34.8 Å². The number of aryl methyl sites for hydroxylation is 1. The number of nitrogens with two attached hydrogens (primary N) is 1. The third-order valence-electron chi connectivity index (χ3n) is 3.97. The molecule has 8 nitrogen and oxygen atoms in total. The highest BCUT2D eigenvalue weighted by Crippen LogP contribution is 2.27. The minimum atomic E-state index is -0.344. The Kier molecular flexibility index (Phi) is 6.23. The molecule has 2 aromatic heterocycles. The van der Waals surface area contributed by atoms with E-state index in [4.69, 9.17) is 10.5 Å². The number of nitrogens with zero attached hydrogens (tertiary/aromatic N) is 3. The quantitative estimate of drug-likeness (QED) is 0.516. The zero-order valence-corrected chi connectivity index (χ0v) is 16.6. The SMILES string of the molecule is Cc1ccc(Nc2ncnc(Nc3ccc(C(=O)OCC(C)C)cc3)c2N)nc1. The average molecular weight is 392 g/mol. The fourth-order valence-electron chi connectivity index (χ4n) is 2.41. The molecule has 0 atom stereocenters. The molecule has 0 radical (unpaired) electrons. The van der Waals surface area contributed by atoms with Gasteiger partial charge < -0.3 is 21.1 Å². The molecule has 2 heterocycles. The Bertz CT molecular complexity index is 971. The number of nitrogen functional groups attached to an aromatic ring is 1. The first-order valence-corrected chi connectivity index (χ1v) is 9.26. The van der Waals surface area contributed by atoms with Crippen LogP contribution in [-0.4, -0.2) is 27.5 Å². The van der Waals surface area contributed by atoms with Crippen molar-refractivity contribution in [1.29, 1.82) is 0 Å². The Hall–Kier alpha value is -3.68. The summed E-state index contributed by atoms with van der Waals surface area (Å²) < 4.78 is 5.23. The third-order valence-corrected chi connectivity index (χ3v) is 3.97. The summed E-state index contributed by atoms with van der Waals surface area (Å²) in [7, 11) is 0. The number of pyridine rings is 1. The number of esters is 1. The van der Waals surface area contributed by atoms with Crippen molar-refractivity contribution in [3.8, 4) is 0 Å². The number of aromatic nitrogens is 3. The standard InChI is InChI=1S/C21H24N6O2/c1-13(2)11-29-21(28)15-5-7-16(8-6-15)26-19-18(22)20(25-12-24-19)27-17-9-4-14(3)10-23-17/h4-10,12-13H,11,22H2,1-3H3,(H2,23,24,25,26,27). The van der Waals surface area contributed by atoms with E-state index in [1.54, 1.807) is 30.5 Å². The summed E-state index contributed by atoms with van der Waals surface area (Å²) in [5.41, 5.74) is 8.84. The molecule has 150 valence electrons. The highest BCUT2D eigenvalue weighted by Gasteiger charge is 2.11. The van der Waals surface area contributed by atoms with Crippen LogP contribution in [0.3, 0.4) is 0 Å². The van der Waals surface area contributed by atoms with Crippen molar-refractivity contribution in [1.82, 2.24) is 15.0 Å². The van der Waals surface area contributed by atoms with E-state index in [1.807, 2.05) is 32.9 Å². The lowest BCUT2D eigenvalue weighted by Gasteiger charge is -2.12. The first-order chi connectivity index (χ1) is 13.9. The summed E-state index contributed by atoms with van der Waals surface area (Å²) in [5, 5.41) is 6.22. The Morgan fingerprint density at radius 2 is 1.72 bits per heavy atom. The van der Waals surface area contributed by atoms with Crippen molar-refractivity contribution in [2.24, 2.45) is 5.92 Å². The molecule has 8 heteroatoms. The number of benzene rings is 1. The van der Waals surface area contributed by atoms with Crippen LogP contribution in [0.15, 0.2) is 48.9 Å². The second-order valence-corrected chi connectivity index (χ2v) is 7.03. The monoisotopic (exact) mass is 392 g/mol. The molecule has 0 aliphatic rings. The van der Waals surface area contributed by atoms with Gasteiger partial charge in [-0.25, -0.2) is 19.7 Å². The zero-order chi connectivity index (χ0) is 20.8. The number of ether oxygens (including phenoxy) is 1. The molecule has 0 unspecified atom stereocenters. The lowest BCUT2D eigenvalue weighted by Crippen LogP contribution is -2.10. The van der Waals surface area contributed by atoms with E-state index in [9.17, 15) is 4.79 Å². The molecule has 0 aliphatic heterocycles. The van der Waals surface area contributed by atoms with E-state index < -0.39 is 0 Å². The summed E-state index contributed by atoms with van der Waals surface area (Å²) in [4.78, 5) is 24.7. The molecule has 0 amide bonds. The van der Waals surface area contributed by atoms with Gasteiger partial charge in [0.05, 0.1) is 12.2 Å². The molecule has 1 aromatic carbocycles. The smallest absolute Gasteiger partial charge is 0.338 e. The van der Waals surface area contributed by atoms with E-state index in [0.717, 1.165) is 11.3 Å². The number of anilines is 5. The van der Waals surface area contributed by atoms with E-state index >= 15 is 0 Å². The number of carbonyl (C=O) groups excluding carboxylic acids is 1. The van der Waals surface area contributed by atoms with Crippen LogP contribution in [0, 0.1) is 12.8 Å². The first-order valence-electron chi connectivity index (χ1n) is 9.26. The van der Waals surface area contributed by atoms with Gasteiger partial charge in [0.1, 0.15) is 17.8 Å². The zero-order valence-electron chi connectivity index (χ0n) is 16.6. The minimum Gasteiger partial charge on any atom is -0.462 e. The molecular formula is C21H24N6O2. The van der Waals surface area contributed by atoms with Crippen LogP contribution in [0.2, 0.25) is 0 Å². The lowest BCUT2D eigenvalue weighted by atomic mass is 10.2. The second kappa shape index (κ2) is 9.01. The maximum Gasteiger partial charge on any atom is 0.338 e. The van der Waals surface area contributed by atoms with Gasteiger partial charge >= 0.3 is 5.97 Å². The van der Waals surface area contributed by atoms with Crippen molar-refractivity contribution in [2.45, 2.75) is 20.8 Å². The molecule has 0 aliphatic carbocycles. The Morgan fingerprint density at radius 1 is 1.03 bits per heavy atom. The molecule has 4 N–H and O–H groups in total. The summed E-state index contributed by atoms with van der Waals surface area (Å²) in [6.07, 6.45) is 3.17.